The summed E-state index contributed by atoms with van der Waals surface area (Å²) in [4.78, 5) is 0. The second-order valence-corrected chi connectivity index (χ2v) is 7.53. The molecule has 6 nitrogen and oxygen atoms in total. The van der Waals surface area contributed by atoms with Crippen molar-refractivity contribution in [3.63, 3.8) is 0 Å². The summed E-state index contributed by atoms with van der Waals surface area (Å²) in [5.41, 5.74) is 8.47. The molecule has 0 unspecified atom stereocenters. The third kappa shape index (κ3) is 7.40. The van der Waals surface area contributed by atoms with Crippen molar-refractivity contribution in [3.8, 4) is 0 Å². The van der Waals surface area contributed by atoms with Gasteiger partial charge in [0, 0.05) is 12.7 Å². The van der Waals surface area contributed by atoms with Crippen LogP contribution in [0.15, 0.2) is 30.5 Å². The Morgan fingerprint density at radius 1 is 0.963 bits per heavy atom. The average Bonchev–Trinajstić information content (AvgIpc) is 3.17. The summed E-state index contributed by atoms with van der Waals surface area (Å²) < 4.78 is 1.84. The van der Waals surface area contributed by atoms with Crippen molar-refractivity contribution in [2.75, 3.05) is 13.2 Å². The zero-order valence-electron chi connectivity index (χ0n) is 16.5. The van der Waals surface area contributed by atoms with E-state index in [4.69, 9.17) is 5.73 Å². The number of hydrogen-bond donors (Lipinski definition) is 3. The summed E-state index contributed by atoms with van der Waals surface area (Å²) in [5, 5.41) is 26.8. The van der Waals surface area contributed by atoms with Crippen molar-refractivity contribution < 1.29 is 10.2 Å². The quantitative estimate of drug-likeness (QED) is 0.467. The van der Waals surface area contributed by atoms with Crippen molar-refractivity contribution in [1.82, 2.24) is 15.0 Å². The molecule has 150 valence electrons. The minimum Gasteiger partial charge on any atom is -0.394 e. The van der Waals surface area contributed by atoms with Crippen molar-refractivity contribution in [3.05, 3.63) is 47.3 Å². The van der Waals surface area contributed by atoms with Gasteiger partial charge in [0.15, 0.2) is 0 Å². The van der Waals surface area contributed by atoms with E-state index in [1.807, 2.05) is 10.9 Å². The first-order valence-corrected chi connectivity index (χ1v) is 10.1. The van der Waals surface area contributed by atoms with Gasteiger partial charge in [-0.15, -0.1) is 5.10 Å². The van der Waals surface area contributed by atoms with E-state index in [1.54, 1.807) is 0 Å². The summed E-state index contributed by atoms with van der Waals surface area (Å²) >= 11 is 0. The Kier molecular flexibility index (Phi) is 8.91. The van der Waals surface area contributed by atoms with Crippen molar-refractivity contribution in [2.45, 2.75) is 70.4 Å². The Labute approximate surface area is 162 Å². The van der Waals surface area contributed by atoms with Crippen molar-refractivity contribution in [1.29, 1.82) is 0 Å². The molecular formula is C21H34N4O2. The van der Waals surface area contributed by atoms with Crippen LogP contribution in [0.4, 0.5) is 0 Å². The molecule has 0 bridgehead atoms. The number of hydrogen-bond acceptors (Lipinski definition) is 5. The van der Waals surface area contributed by atoms with Crippen LogP contribution in [0, 0.1) is 0 Å². The minimum absolute atomic E-state index is 0.244. The topological polar surface area (TPSA) is 97.2 Å². The van der Waals surface area contributed by atoms with Gasteiger partial charge in [0.1, 0.15) is 0 Å². The van der Waals surface area contributed by atoms with Gasteiger partial charge in [-0.25, -0.2) is 0 Å². The van der Waals surface area contributed by atoms with Crippen LogP contribution in [-0.4, -0.2) is 44.0 Å². The van der Waals surface area contributed by atoms with E-state index < -0.39 is 5.54 Å². The Morgan fingerprint density at radius 3 is 2.26 bits per heavy atom. The highest BCUT2D eigenvalue weighted by Crippen LogP contribution is 2.12. The first-order valence-electron chi connectivity index (χ1n) is 10.1. The van der Waals surface area contributed by atoms with Gasteiger partial charge >= 0.3 is 0 Å². The minimum atomic E-state index is -0.956. The Morgan fingerprint density at radius 2 is 1.63 bits per heavy atom. The molecular weight excluding hydrogens is 340 g/mol. The van der Waals surface area contributed by atoms with E-state index in [2.05, 4.69) is 41.5 Å². The monoisotopic (exact) mass is 374 g/mol. The number of benzene rings is 1. The third-order valence-electron chi connectivity index (χ3n) is 5.07. The van der Waals surface area contributed by atoms with Crippen LogP contribution >= 0.6 is 0 Å². The van der Waals surface area contributed by atoms with Crippen molar-refractivity contribution in [2.24, 2.45) is 5.73 Å². The average molecular weight is 375 g/mol. The largest absolute Gasteiger partial charge is 0.394 e. The van der Waals surface area contributed by atoms with E-state index >= 15 is 0 Å². The van der Waals surface area contributed by atoms with Gasteiger partial charge in [-0.3, -0.25) is 4.68 Å². The number of aryl methyl sites for hydroxylation is 4. The molecule has 2 rings (SSSR count). The standard InChI is InChI=1S/C21H34N4O2/c1-2-3-4-5-6-18-7-9-19(10-8-18)12-14-25-15-20(23-24-25)11-13-21(22,16-26)17-27/h7-10,15,26-27H,2-6,11-14,16-17,22H2,1H3. The third-order valence-corrected chi connectivity index (χ3v) is 5.07. The predicted molar refractivity (Wildman–Crippen MR) is 107 cm³/mol. The molecule has 1 aromatic heterocycles. The first-order chi connectivity index (χ1) is 13.1. The molecule has 0 atom stereocenters. The van der Waals surface area contributed by atoms with Crippen LogP contribution in [0.2, 0.25) is 0 Å². The molecule has 4 N–H and O–H groups in total. The molecule has 1 heterocycles. The lowest BCUT2D eigenvalue weighted by Crippen LogP contribution is -2.47. The fraction of sp³-hybridized carbons (Fsp3) is 0.619. The van der Waals surface area contributed by atoms with Crippen LogP contribution in [0.25, 0.3) is 0 Å². The van der Waals surface area contributed by atoms with Crippen LogP contribution in [0.3, 0.4) is 0 Å². The van der Waals surface area contributed by atoms with Gasteiger partial charge in [-0.05, 0) is 43.2 Å². The lowest BCUT2D eigenvalue weighted by atomic mass is 9.96. The molecule has 0 fully saturated rings. The maximum Gasteiger partial charge on any atom is 0.0827 e. The van der Waals surface area contributed by atoms with Gasteiger partial charge < -0.3 is 15.9 Å². The molecule has 0 saturated carbocycles. The summed E-state index contributed by atoms with van der Waals surface area (Å²) in [6, 6.07) is 8.88. The molecule has 0 amide bonds. The summed E-state index contributed by atoms with van der Waals surface area (Å²) in [6.07, 6.45) is 10.2. The summed E-state index contributed by atoms with van der Waals surface area (Å²) in [6.45, 7) is 2.53. The lowest BCUT2D eigenvalue weighted by Gasteiger charge is -2.23. The molecule has 0 aliphatic carbocycles. The molecule has 0 aliphatic heterocycles. The molecule has 27 heavy (non-hydrogen) atoms. The van der Waals surface area contributed by atoms with E-state index in [9.17, 15) is 10.2 Å². The second-order valence-electron chi connectivity index (χ2n) is 7.53. The lowest BCUT2D eigenvalue weighted by molar-refractivity contribution is 0.114. The maximum absolute atomic E-state index is 9.24. The number of nitrogens with two attached hydrogens (primary N) is 1. The smallest absolute Gasteiger partial charge is 0.0827 e. The van der Waals surface area contributed by atoms with Gasteiger partial charge in [-0.2, -0.15) is 0 Å². The SMILES string of the molecule is CCCCCCc1ccc(CCn2cc(CCC(N)(CO)CO)nn2)cc1. The van der Waals surface area contributed by atoms with Gasteiger partial charge in [0.25, 0.3) is 0 Å². The maximum atomic E-state index is 9.24. The van der Waals surface area contributed by atoms with Gasteiger partial charge in [0.2, 0.25) is 0 Å². The van der Waals surface area contributed by atoms with E-state index in [1.165, 1.54) is 36.8 Å². The second kappa shape index (κ2) is 11.2. The number of nitrogens with zero attached hydrogens (tertiary/aromatic N) is 3. The van der Waals surface area contributed by atoms with Crippen LogP contribution in [0.1, 0.15) is 55.8 Å². The number of aromatic nitrogens is 3. The number of aliphatic hydroxyl groups excluding tert-OH is 2. The molecule has 0 saturated heterocycles. The molecule has 0 radical (unpaired) electrons. The number of aliphatic hydroxyl groups is 2. The zero-order valence-corrected chi connectivity index (χ0v) is 16.5. The molecule has 0 aliphatic rings. The van der Waals surface area contributed by atoms with E-state index in [0.717, 1.165) is 25.1 Å². The Hall–Kier alpha value is -1.76. The van der Waals surface area contributed by atoms with Gasteiger partial charge in [-0.1, -0.05) is 55.7 Å². The summed E-state index contributed by atoms with van der Waals surface area (Å²) in [7, 11) is 0. The Bertz CT molecular complexity index is 650. The predicted octanol–water partition coefficient (Wildman–Crippen LogP) is 2.26. The summed E-state index contributed by atoms with van der Waals surface area (Å²) in [5.74, 6) is 0. The first kappa shape index (κ1) is 21.5. The number of unbranched alkanes of at least 4 members (excludes halogenated alkanes) is 3. The Balaban J connectivity index is 1.76. The highest BCUT2D eigenvalue weighted by Gasteiger charge is 2.23. The van der Waals surface area contributed by atoms with Gasteiger partial charge in [0.05, 0.1) is 24.4 Å². The number of rotatable bonds is 13. The zero-order chi connectivity index (χ0) is 19.5. The molecule has 0 spiro atoms. The van der Waals surface area contributed by atoms with Crippen LogP contribution < -0.4 is 5.73 Å². The molecule has 2 aromatic rings. The molecule has 1 aromatic carbocycles. The molecule has 6 heteroatoms. The van der Waals surface area contributed by atoms with E-state index in [-0.39, 0.29) is 13.2 Å². The normalized spacial score (nSPS) is 11.9. The fourth-order valence-electron chi connectivity index (χ4n) is 3.02. The fourth-order valence-corrected chi connectivity index (χ4v) is 3.02. The van der Waals surface area contributed by atoms with Crippen molar-refractivity contribution >= 4 is 0 Å². The van der Waals surface area contributed by atoms with E-state index in [0.29, 0.717) is 12.8 Å². The highest BCUT2D eigenvalue weighted by atomic mass is 16.3. The van der Waals surface area contributed by atoms with Crippen LogP contribution in [0.5, 0.6) is 0 Å². The highest BCUT2D eigenvalue weighted by molar-refractivity contribution is 5.22. The van der Waals surface area contributed by atoms with Crippen LogP contribution in [-0.2, 0) is 25.8 Å².